The van der Waals surface area contributed by atoms with E-state index in [1.54, 1.807) is 5.19 Å². The van der Waals surface area contributed by atoms with E-state index in [1.165, 1.54) is 16.5 Å². The average molecular weight is 265 g/mol. The number of hydrogen-bond acceptors (Lipinski definition) is 0. The van der Waals surface area contributed by atoms with Gasteiger partial charge in [0.1, 0.15) is 0 Å². The molecule has 96 valence electrons. The molecule has 0 fully saturated rings. The third-order valence-electron chi connectivity index (χ3n) is 3.86. The molecule has 19 heavy (non-hydrogen) atoms. The summed E-state index contributed by atoms with van der Waals surface area (Å²) in [5, 5.41) is 2.90. The standard InChI is InChI=1S/C17H19NSi/c1-13(19-16-6-4-3-5-7-16)14-8-9-17-15(12-14)10-11-18(17)2/h3-13H,19H2,1-2H3/t13-/m0/s1. The Balaban J connectivity index is 1.87. The molecule has 0 unspecified atom stereocenters. The second-order valence-electron chi connectivity index (χ2n) is 5.34. The number of fused-ring (bicyclic) bond motifs is 1. The Bertz CT molecular complexity index is 685. The molecule has 2 heteroatoms. The number of nitrogens with zero attached hydrogens (tertiary/aromatic N) is 1. The van der Waals surface area contributed by atoms with Crippen LogP contribution in [-0.2, 0) is 7.05 Å². The molecular formula is C17H19NSi. The fourth-order valence-corrected chi connectivity index (χ4v) is 4.43. The molecule has 3 rings (SSSR count). The minimum atomic E-state index is -0.252. The van der Waals surface area contributed by atoms with E-state index >= 15 is 0 Å². The summed E-state index contributed by atoms with van der Waals surface area (Å²) in [4.78, 5) is 0. The van der Waals surface area contributed by atoms with Crippen LogP contribution in [0.1, 0.15) is 18.0 Å². The Kier molecular flexibility index (Phi) is 3.26. The first-order valence-electron chi connectivity index (χ1n) is 6.83. The highest BCUT2D eigenvalue weighted by molar-refractivity contribution is 6.54. The van der Waals surface area contributed by atoms with E-state index in [0.717, 1.165) is 0 Å². The molecule has 0 aliphatic heterocycles. The van der Waals surface area contributed by atoms with Gasteiger partial charge in [-0.2, -0.15) is 0 Å². The monoisotopic (exact) mass is 265 g/mol. The number of hydrogen-bond donors (Lipinski definition) is 0. The lowest BCUT2D eigenvalue weighted by molar-refractivity contribution is 0.968. The van der Waals surface area contributed by atoms with Crippen molar-refractivity contribution in [2.45, 2.75) is 12.5 Å². The van der Waals surface area contributed by atoms with E-state index in [2.05, 4.69) is 79.3 Å². The second kappa shape index (κ2) is 5.06. The summed E-state index contributed by atoms with van der Waals surface area (Å²) in [6, 6.07) is 20.0. The van der Waals surface area contributed by atoms with Gasteiger partial charge in [0, 0.05) is 18.8 Å². The SMILES string of the molecule is C[C@H]([SiH2]c1ccccc1)c1ccc2c(ccn2C)c1. The van der Waals surface area contributed by atoms with Gasteiger partial charge < -0.3 is 4.57 Å². The summed E-state index contributed by atoms with van der Waals surface area (Å²) in [6.07, 6.45) is 2.13. The molecule has 0 bridgehead atoms. The van der Waals surface area contributed by atoms with Crippen molar-refractivity contribution in [3.05, 3.63) is 66.4 Å². The van der Waals surface area contributed by atoms with Crippen LogP contribution in [0.15, 0.2) is 60.8 Å². The van der Waals surface area contributed by atoms with Gasteiger partial charge in [0.05, 0.1) is 9.52 Å². The van der Waals surface area contributed by atoms with Crippen LogP contribution in [0.5, 0.6) is 0 Å². The summed E-state index contributed by atoms with van der Waals surface area (Å²) in [5.41, 5.74) is 3.48. The zero-order valence-electron chi connectivity index (χ0n) is 11.5. The van der Waals surface area contributed by atoms with Crippen molar-refractivity contribution in [1.29, 1.82) is 0 Å². The highest BCUT2D eigenvalue weighted by Gasteiger charge is 2.08. The predicted molar refractivity (Wildman–Crippen MR) is 86.0 cm³/mol. The lowest BCUT2D eigenvalue weighted by atomic mass is 10.1. The number of aryl methyl sites for hydroxylation is 1. The number of aromatic nitrogens is 1. The minimum Gasteiger partial charge on any atom is -0.351 e. The maximum Gasteiger partial charge on any atom is 0.0620 e. The zero-order chi connectivity index (χ0) is 13.2. The zero-order valence-corrected chi connectivity index (χ0v) is 12.9. The first-order chi connectivity index (χ1) is 9.24. The third kappa shape index (κ3) is 2.49. The molecule has 2 aromatic carbocycles. The van der Waals surface area contributed by atoms with Gasteiger partial charge in [-0.25, -0.2) is 0 Å². The Labute approximate surface area is 116 Å². The smallest absolute Gasteiger partial charge is 0.0620 e. The molecule has 0 aliphatic carbocycles. The molecule has 0 saturated carbocycles. The second-order valence-corrected chi connectivity index (χ2v) is 7.79. The average Bonchev–Trinajstić information content (AvgIpc) is 2.81. The summed E-state index contributed by atoms with van der Waals surface area (Å²) < 4.78 is 2.18. The predicted octanol–water partition coefficient (Wildman–Crippen LogP) is 2.73. The molecule has 0 saturated heterocycles. The molecule has 0 N–H and O–H groups in total. The van der Waals surface area contributed by atoms with E-state index in [9.17, 15) is 0 Å². The largest absolute Gasteiger partial charge is 0.351 e. The Hall–Kier alpha value is -1.80. The Morgan fingerprint density at radius 3 is 2.58 bits per heavy atom. The summed E-state index contributed by atoms with van der Waals surface area (Å²) in [7, 11) is 1.85. The van der Waals surface area contributed by atoms with E-state index in [4.69, 9.17) is 0 Å². The van der Waals surface area contributed by atoms with Crippen molar-refractivity contribution < 1.29 is 0 Å². The van der Waals surface area contributed by atoms with Crippen LogP contribution in [0.25, 0.3) is 10.9 Å². The fraction of sp³-hybridized carbons (Fsp3) is 0.176. The van der Waals surface area contributed by atoms with E-state index in [1.807, 2.05) is 0 Å². The Morgan fingerprint density at radius 2 is 1.79 bits per heavy atom. The number of rotatable bonds is 3. The van der Waals surface area contributed by atoms with Gasteiger partial charge in [-0.3, -0.25) is 0 Å². The number of benzene rings is 2. The van der Waals surface area contributed by atoms with Crippen LogP contribution in [0.4, 0.5) is 0 Å². The highest BCUT2D eigenvalue weighted by atomic mass is 28.2. The minimum absolute atomic E-state index is 0.252. The van der Waals surface area contributed by atoms with Gasteiger partial charge in [0.2, 0.25) is 0 Å². The Morgan fingerprint density at radius 1 is 1.00 bits per heavy atom. The lowest BCUT2D eigenvalue weighted by Gasteiger charge is -2.12. The van der Waals surface area contributed by atoms with E-state index in [0.29, 0.717) is 5.54 Å². The van der Waals surface area contributed by atoms with Crippen molar-refractivity contribution >= 4 is 25.6 Å². The van der Waals surface area contributed by atoms with Gasteiger partial charge >= 0.3 is 0 Å². The van der Waals surface area contributed by atoms with Gasteiger partial charge in [-0.1, -0.05) is 48.5 Å². The first kappa shape index (κ1) is 12.2. The molecule has 0 amide bonds. The molecule has 1 nitrogen and oxygen atoms in total. The maximum absolute atomic E-state index is 2.36. The van der Waals surface area contributed by atoms with Crippen LogP contribution >= 0.6 is 0 Å². The van der Waals surface area contributed by atoms with Crippen molar-refractivity contribution in [1.82, 2.24) is 4.57 Å². The molecule has 1 atom stereocenters. The van der Waals surface area contributed by atoms with Crippen LogP contribution in [0.2, 0.25) is 0 Å². The van der Waals surface area contributed by atoms with Gasteiger partial charge in [-0.15, -0.1) is 0 Å². The normalized spacial score (nSPS) is 13.4. The van der Waals surface area contributed by atoms with Gasteiger partial charge in [0.15, 0.2) is 0 Å². The summed E-state index contributed by atoms with van der Waals surface area (Å²) in [5.74, 6) is 0. The summed E-state index contributed by atoms with van der Waals surface area (Å²) in [6.45, 7) is 2.36. The lowest BCUT2D eigenvalue weighted by Crippen LogP contribution is -2.19. The van der Waals surface area contributed by atoms with E-state index in [-0.39, 0.29) is 9.52 Å². The maximum atomic E-state index is 2.36. The highest BCUT2D eigenvalue weighted by Crippen LogP contribution is 2.21. The molecule has 0 radical (unpaired) electrons. The van der Waals surface area contributed by atoms with Crippen LogP contribution in [0.3, 0.4) is 0 Å². The molecular weight excluding hydrogens is 246 g/mol. The molecule has 1 aromatic heterocycles. The molecule has 0 aliphatic rings. The van der Waals surface area contributed by atoms with Crippen molar-refractivity contribution in [3.63, 3.8) is 0 Å². The third-order valence-corrected chi connectivity index (χ3v) is 5.89. The molecule has 3 aromatic rings. The van der Waals surface area contributed by atoms with Gasteiger partial charge in [-0.05, 0) is 34.7 Å². The van der Waals surface area contributed by atoms with Crippen molar-refractivity contribution in [3.8, 4) is 0 Å². The summed E-state index contributed by atoms with van der Waals surface area (Å²) >= 11 is 0. The first-order valence-corrected chi connectivity index (χ1v) is 8.35. The fourth-order valence-electron chi connectivity index (χ4n) is 2.69. The molecule has 0 spiro atoms. The van der Waals surface area contributed by atoms with Gasteiger partial charge in [0.25, 0.3) is 0 Å². The van der Waals surface area contributed by atoms with E-state index < -0.39 is 0 Å². The quantitative estimate of drug-likeness (QED) is 0.642. The molecule has 1 heterocycles. The van der Waals surface area contributed by atoms with Crippen LogP contribution in [-0.4, -0.2) is 14.1 Å². The van der Waals surface area contributed by atoms with Crippen molar-refractivity contribution in [2.24, 2.45) is 7.05 Å². The van der Waals surface area contributed by atoms with Crippen LogP contribution in [0, 0.1) is 0 Å². The van der Waals surface area contributed by atoms with Crippen LogP contribution < -0.4 is 5.19 Å². The van der Waals surface area contributed by atoms with Crippen molar-refractivity contribution in [2.75, 3.05) is 0 Å². The topological polar surface area (TPSA) is 4.93 Å².